The lowest BCUT2D eigenvalue weighted by Crippen LogP contribution is -2.20. The van der Waals surface area contributed by atoms with Gasteiger partial charge in [0.2, 0.25) is 5.82 Å². The summed E-state index contributed by atoms with van der Waals surface area (Å²) in [4.78, 5) is 11.6. The molecule has 25 heavy (non-hydrogen) atoms. The Morgan fingerprint density at radius 2 is 1.44 bits per heavy atom. The van der Waals surface area contributed by atoms with Crippen molar-refractivity contribution in [1.82, 2.24) is 0 Å². The van der Waals surface area contributed by atoms with E-state index in [1.807, 2.05) is 6.92 Å². The number of rotatable bonds is 5. The molecule has 1 N–H and O–H groups in total. The summed E-state index contributed by atoms with van der Waals surface area (Å²) in [6, 6.07) is 6.33. The molecule has 0 unspecified atom stereocenters. The number of hydrogen-bond donors (Lipinski definition) is 1. The molecule has 0 aliphatic heterocycles. The quantitative estimate of drug-likeness (QED) is 0.445. The molecule has 0 aromatic heterocycles. The topological polar surface area (TPSA) is 38.3 Å². The van der Waals surface area contributed by atoms with Crippen molar-refractivity contribution < 1.29 is 31.5 Å². The second-order valence-corrected chi connectivity index (χ2v) is 5.21. The van der Waals surface area contributed by atoms with Gasteiger partial charge in [0.1, 0.15) is 11.4 Å². The van der Waals surface area contributed by atoms with E-state index >= 15 is 0 Å². The van der Waals surface area contributed by atoms with Crippen molar-refractivity contribution >= 4 is 11.8 Å². The summed E-state index contributed by atoms with van der Waals surface area (Å²) >= 11 is 0. The molecule has 0 spiro atoms. The molecular formula is C17H14F5NO2. The summed E-state index contributed by atoms with van der Waals surface area (Å²) in [6.45, 7) is 2.04. The van der Waals surface area contributed by atoms with E-state index in [4.69, 9.17) is 4.74 Å². The minimum absolute atomic E-state index is 0.0571. The van der Waals surface area contributed by atoms with Crippen molar-refractivity contribution in [3.05, 3.63) is 58.9 Å². The zero-order chi connectivity index (χ0) is 18.6. The summed E-state index contributed by atoms with van der Waals surface area (Å²) in [5.41, 5.74) is -0.463. The Morgan fingerprint density at radius 1 is 0.920 bits per heavy atom. The number of benzene rings is 2. The van der Waals surface area contributed by atoms with E-state index < -0.39 is 40.9 Å². The molecule has 0 saturated heterocycles. The second kappa shape index (κ2) is 7.96. The highest BCUT2D eigenvalue weighted by Crippen LogP contribution is 2.27. The van der Waals surface area contributed by atoms with Crippen LogP contribution in [0.5, 0.6) is 5.75 Å². The minimum Gasteiger partial charge on any atom is -0.410 e. The molecule has 0 fully saturated rings. The highest BCUT2D eigenvalue weighted by atomic mass is 19.2. The van der Waals surface area contributed by atoms with E-state index in [0.29, 0.717) is 0 Å². The first-order valence-corrected chi connectivity index (χ1v) is 7.44. The van der Waals surface area contributed by atoms with Gasteiger partial charge in [0.05, 0.1) is 0 Å². The first kappa shape index (κ1) is 18.7. The molecule has 2 aromatic carbocycles. The smallest absolute Gasteiger partial charge is 0.410 e. The van der Waals surface area contributed by atoms with Crippen molar-refractivity contribution in [1.29, 1.82) is 0 Å². The maximum absolute atomic E-state index is 13.5. The van der Waals surface area contributed by atoms with E-state index in [9.17, 15) is 26.7 Å². The van der Waals surface area contributed by atoms with Crippen LogP contribution >= 0.6 is 0 Å². The van der Waals surface area contributed by atoms with Crippen molar-refractivity contribution in [2.45, 2.75) is 26.2 Å². The van der Waals surface area contributed by atoms with Gasteiger partial charge in [-0.3, -0.25) is 5.32 Å². The first-order valence-electron chi connectivity index (χ1n) is 7.44. The molecule has 0 bridgehead atoms. The van der Waals surface area contributed by atoms with Crippen LogP contribution in [-0.2, 0) is 6.42 Å². The molecule has 0 atom stereocenters. The van der Waals surface area contributed by atoms with Gasteiger partial charge in [0.25, 0.3) is 0 Å². The summed E-state index contributed by atoms with van der Waals surface area (Å²) < 4.78 is 70.8. The molecule has 2 aromatic rings. The average Bonchev–Trinajstić information content (AvgIpc) is 2.61. The average molecular weight is 359 g/mol. The summed E-state index contributed by atoms with van der Waals surface area (Å²) in [6.07, 6.45) is 1.46. The lowest BCUT2D eigenvalue weighted by Gasteiger charge is -2.10. The fraction of sp³-hybridized carbons (Fsp3) is 0.235. The van der Waals surface area contributed by atoms with Crippen LogP contribution in [0.15, 0.2) is 24.3 Å². The van der Waals surface area contributed by atoms with E-state index in [0.717, 1.165) is 24.8 Å². The van der Waals surface area contributed by atoms with Crippen LogP contribution in [0.1, 0.15) is 25.3 Å². The molecule has 1 amide bonds. The summed E-state index contributed by atoms with van der Waals surface area (Å²) in [5, 5.41) is 1.53. The number of ether oxygens (including phenoxy) is 1. The van der Waals surface area contributed by atoms with Crippen LogP contribution in [0.4, 0.5) is 32.4 Å². The van der Waals surface area contributed by atoms with Crippen LogP contribution in [0, 0.1) is 29.1 Å². The van der Waals surface area contributed by atoms with Crippen LogP contribution in [0.3, 0.4) is 0 Å². The largest absolute Gasteiger partial charge is 0.417 e. The number of carbonyl (C=O) groups is 1. The highest BCUT2D eigenvalue weighted by molar-refractivity contribution is 5.86. The molecular weight excluding hydrogens is 345 g/mol. The van der Waals surface area contributed by atoms with Gasteiger partial charge in [-0.15, -0.1) is 0 Å². The van der Waals surface area contributed by atoms with Crippen LogP contribution in [0.25, 0.3) is 0 Å². The monoisotopic (exact) mass is 359 g/mol. The van der Waals surface area contributed by atoms with Gasteiger partial charge in [-0.05, 0) is 30.5 Å². The maximum Gasteiger partial charge on any atom is 0.417 e. The van der Waals surface area contributed by atoms with Crippen molar-refractivity contribution in [2.24, 2.45) is 0 Å². The minimum atomic E-state index is -2.31. The third-order valence-electron chi connectivity index (χ3n) is 3.39. The summed E-state index contributed by atoms with van der Waals surface area (Å²) in [5.74, 6) is -10.9. The number of aryl methyl sites for hydroxylation is 1. The van der Waals surface area contributed by atoms with Gasteiger partial charge in [0, 0.05) is 0 Å². The number of amides is 1. The van der Waals surface area contributed by atoms with Crippen molar-refractivity contribution in [3.63, 3.8) is 0 Å². The normalized spacial score (nSPS) is 10.6. The Labute approximate surface area is 140 Å². The molecule has 2 rings (SSSR count). The Morgan fingerprint density at radius 3 is 1.96 bits per heavy atom. The molecule has 0 aliphatic rings. The van der Waals surface area contributed by atoms with Crippen LogP contribution < -0.4 is 10.1 Å². The van der Waals surface area contributed by atoms with E-state index in [2.05, 4.69) is 0 Å². The lowest BCUT2D eigenvalue weighted by atomic mass is 10.1. The van der Waals surface area contributed by atoms with Gasteiger partial charge in [-0.25, -0.2) is 26.7 Å². The number of hydrogen-bond acceptors (Lipinski definition) is 2. The lowest BCUT2D eigenvalue weighted by molar-refractivity contribution is 0.214. The number of unbranched alkanes of at least 4 members (excludes halogenated alkanes) is 1. The molecule has 0 radical (unpaired) electrons. The van der Waals surface area contributed by atoms with Gasteiger partial charge in [-0.1, -0.05) is 25.5 Å². The van der Waals surface area contributed by atoms with E-state index in [1.54, 1.807) is 12.1 Å². The molecule has 0 heterocycles. The molecule has 3 nitrogen and oxygen atoms in total. The Balaban J connectivity index is 2.11. The van der Waals surface area contributed by atoms with Gasteiger partial charge in [-0.2, -0.15) is 0 Å². The maximum atomic E-state index is 13.5. The zero-order valence-electron chi connectivity index (χ0n) is 13.1. The number of halogens is 5. The highest BCUT2D eigenvalue weighted by Gasteiger charge is 2.27. The van der Waals surface area contributed by atoms with Gasteiger partial charge in [0.15, 0.2) is 23.3 Å². The Hall–Kier alpha value is -2.64. The molecule has 0 aliphatic carbocycles. The third-order valence-corrected chi connectivity index (χ3v) is 3.39. The number of anilines is 1. The number of nitrogens with one attached hydrogen (secondary N) is 1. The van der Waals surface area contributed by atoms with Crippen molar-refractivity contribution in [3.8, 4) is 5.75 Å². The van der Waals surface area contributed by atoms with Crippen LogP contribution in [-0.4, -0.2) is 6.09 Å². The zero-order valence-corrected chi connectivity index (χ0v) is 13.1. The predicted octanol–water partition coefficient (Wildman–Crippen LogP) is 5.34. The van der Waals surface area contributed by atoms with Crippen molar-refractivity contribution in [2.75, 3.05) is 5.32 Å². The van der Waals surface area contributed by atoms with E-state index in [1.165, 1.54) is 17.4 Å². The number of carbonyl (C=O) groups excluding carboxylic acids is 1. The first-order chi connectivity index (χ1) is 11.8. The Bertz CT molecular complexity index is 749. The van der Waals surface area contributed by atoms with E-state index in [-0.39, 0.29) is 5.75 Å². The fourth-order valence-corrected chi connectivity index (χ4v) is 2.05. The fourth-order valence-electron chi connectivity index (χ4n) is 2.05. The Kier molecular flexibility index (Phi) is 5.95. The summed E-state index contributed by atoms with van der Waals surface area (Å²) in [7, 11) is 0. The molecule has 8 heteroatoms. The second-order valence-electron chi connectivity index (χ2n) is 5.21. The molecule has 0 saturated carbocycles. The van der Waals surface area contributed by atoms with Gasteiger partial charge < -0.3 is 4.74 Å². The van der Waals surface area contributed by atoms with Crippen LogP contribution in [0.2, 0.25) is 0 Å². The third kappa shape index (κ3) is 4.26. The van der Waals surface area contributed by atoms with Gasteiger partial charge >= 0.3 is 6.09 Å². The SMILES string of the molecule is CCCCc1ccc(OC(=O)Nc2c(F)c(F)c(F)c(F)c2F)cc1. The predicted molar refractivity (Wildman–Crippen MR) is 80.9 cm³/mol. The standard InChI is InChI=1S/C17H14F5NO2/c1-2-3-4-9-5-7-10(8-6-9)25-17(24)23-16-14(21)12(19)11(18)13(20)15(16)22/h5-8H,2-4H2,1H3,(H,23,24). The molecule has 134 valence electrons.